The summed E-state index contributed by atoms with van der Waals surface area (Å²) in [7, 11) is 2.28. The first-order valence-electron chi connectivity index (χ1n) is 11.2. The van der Waals surface area contributed by atoms with Gasteiger partial charge in [-0.3, -0.25) is 9.69 Å². The minimum absolute atomic E-state index is 0.104. The van der Waals surface area contributed by atoms with E-state index in [1.807, 2.05) is 0 Å². The van der Waals surface area contributed by atoms with E-state index < -0.39 is 0 Å². The number of piperidine rings is 1. The Bertz CT molecular complexity index is 544. The van der Waals surface area contributed by atoms with Gasteiger partial charge in [-0.15, -0.1) is 0 Å². The van der Waals surface area contributed by atoms with Crippen molar-refractivity contribution in [3.05, 3.63) is 12.2 Å². The molecule has 146 valence electrons. The van der Waals surface area contributed by atoms with Crippen LogP contribution < -0.4 is 0 Å². The molecular formula is C23H37NO2. The maximum absolute atomic E-state index is 12.5. The van der Waals surface area contributed by atoms with Crippen molar-refractivity contribution >= 4 is 5.97 Å². The van der Waals surface area contributed by atoms with Gasteiger partial charge in [0.15, 0.2) is 0 Å². The zero-order valence-electron chi connectivity index (χ0n) is 16.9. The SMILES string of the molecule is CC[C@@H]1OC(=O)[C@H]2C[C@H]3CCCC[C@@H]3[C@@H](/C=C/[C@H]3CCC[C@H](C)N3C)[C@@H]12. The summed E-state index contributed by atoms with van der Waals surface area (Å²) in [6.45, 7) is 4.54. The Morgan fingerprint density at radius 2 is 1.92 bits per heavy atom. The van der Waals surface area contributed by atoms with Gasteiger partial charge in [0.2, 0.25) is 0 Å². The lowest BCUT2D eigenvalue weighted by molar-refractivity contribution is -0.145. The van der Waals surface area contributed by atoms with Crippen LogP contribution in [0.25, 0.3) is 0 Å². The first-order valence-corrected chi connectivity index (χ1v) is 11.2. The molecular weight excluding hydrogens is 322 g/mol. The van der Waals surface area contributed by atoms with E-state index in [2.05, 4.69) is 37.9 Å². The zero-order chi connectivity index (χ0) is 18.3. The third kappa shape index (κ3) is 3.25. The normalized spacial score (nSPS) is 46.8. The maximum atomic E-state index is 12.5. The topological polar surface area (TPSA) is 29.5 Å². The highest BCUT2D eigenvalue weighted by Gasteiger charge is 2.54. The van der Waals surface area contributed by atoms with Gasteiger partial charge in [-0.1, -0.05) is 44.8 Å². The van der Waals surface area contributed by atoms with E-state index in [1.165, 1.54) is 44.9 Å². The number of fused-ring (bicyclic) bond motifs is 2. The average Bonchev–Trinajstić information content (AvgIpc) is 2.97. The van der Waals surface area contributed by atoms with E-state index in [4.69, 9.17) is 4.74 Å². The first-order chi connectivity index (χ1) is 12.6. The molecule has 8 atom stereocenters. The van der Waals surface area contributed by atoms with Crippen LogP contribution >= 0.6 is 0 Å². The minimum Gasteiger partial charge on any atom is -0.462 e. The second-order valence-electron chi connectivity index (χ2n) is 9.49. The van der Waals surface area contributed by atoms with Gasteiger partial charge >= 0.3 is 5.97 Å². The highest BCUT2D eigenvalue weighted by molar-refractivity contribution is 5.75. The van der Waals surface area contributed by atoms with Crippen LogP contribution in [0.5, 0.6) is 0 Å². The van der Waals surface area contributed by atoms with E-state index in [9.17, 15) is 4.79 Å². The summed E-state index contributed by atoms with van der Waals surface area (Å²) < 4.78 is 5.84. The van der Waals surface area contributed by atoms with Crippen molar-refractivity contribution in [3.63, 3.8) is 0 Å². The van der Waals surface area contributed by atoms with E-state index in [0.29, 0.717) is 23.9 Å². The average molecular weight is 360 g/mol. The number of likely N-dealkylation sites (N-methyl/N-ethyl adjacent to an activating group) is 1. The second kappa shape index (κ2) is 7.66. The van der Waals surface area contributed by atoms with Gasteiger partial charge in [0.1, 0.15) is 6.10 Å². The molecule has 2 aliphatic heterocycles. The molecule has 0 radical (unpaired) electrons. The molecule has 4 fully saturated rings. The molecule has 0 bridgehead atoms. The monoisotopic (exact) mass is 359 g/mol. The highest BCUT2D eigenvalue weighted by Crippen LogP contribution is 2.54. The maximum Gasteiger partial charge on any atom is 0.309 e. The van der Waals surface area contributed by atoms with Gasteiger partial charge in [0.25, 0.3) is 0 Å². The van der Waals surface area contributed by atoms with Crippen molar-refractivity contribution in [2.45, 2.75) is 89.8 Å². The van der Waals surface area contributed by atoms with E-state index in [0.717, 1.165) is 24.7 Å². The molecule has 4 aliphatic rings. The Morgan fingerprint density at radius 3 is 2.73 bits per heavy atom. The van der Waals surface area contributed by atoms with Crippen molar-refractivity contribution in [2.24, 2.45) is 29.6 Å². The number of hydrogen-bond donors (Lipinski definition) is 0. The first kappa shape index (κ1) is 18.5. The number of likely N-dealkylation sites (tertiary alicyclic amines) is 1. The number of ether oxygens (including phenoxy) is 1. The largest absolute Gasteiger partial charge is 0.462 e. The van der Waals surface area contributed by atoms with Crippen LogP contribution in [0.4, 0.5) is 0 Å². The molecule has 0 unspecified atom stereocenters. The van der Waals surface area contributed by atoms with Crippen LogP contribution in [-0.2, 0) is 9.53 Å². The second-order valence-corrected chi connectivity index (χ2v) is 9.49. The van der Waals surface area contributed by atoms with Crippen LogP contribution in [0.3, 0.4) is 0 Å². The number of esters is 1. The number of carbonyl (C=O) groups is 1. The number of hydrogen-bond acceptors (Lipinski definition) is 3. The predicted molar refractivity (Wildman–Crippen MR) is 105 cm³/mol. The molecule has 4 rings (SSSR count). The van der Waals surface area contributed by atoms with Gasteiger partial charge < -0.3 is 4.74 Å². The van der Waals surface area contributed by atoms with Crippen LogP contribution in [0.2, 0.25) is 0 Å². The summed E-state index contributed by atoms with van der Waals surface area (Å²) in [5, 5.41) is 0. The van der Waals surface area contributed by atoms with Gasteiger partial charge in [0.05, 0.1) is 5.92 Å². The van der Waals surface area contributed by atoms with E-state index >= 15 is 0 Å². The lowest BCUT2D eigenvalue weighted by Crippen LogP contribution is -2.44. The van der Waals surface area contributed by atoms with Gasteiger partial charge in [-0.05, 0) is 63.8 Å². The fourth-order valence-corrected chi connectivity index (χ4v) is 6.62. The molecule has 0 aromatic rings. The fourth-order valence-electron chi connectivity index (χ4n) is 6.62. The Balaban J connectivity index is 1.59. The zero-order valence-corrected chi connectivity index (χ0v) is 16.9. The van der Waals surface area contributed by atoms with Gasteiger partial charge in [0, 0.05) is 18.0 Å². The molecule has 2 saturated carbocycles. The summed E-state index contributed by atoms with van der Waals surface area (Å²) in [4.78, 5) is 15.1. The quantitative estimate of drug-likeness (QED) is 0.535. The number of allylic oxidation sites excluding steroid dienone is 1. The molecule has 3 nitrogen and oxygen atoms in total. The summed E-state index contributed by atoms with van der Waals surface area (Å²) in [6, 6.07) is 1.25. The van der Waals surface area contributed by atoms with Crippen LogP contribution in [0, 0.1) is 29.6 Å². The summed E-state index contributed by atoms with van der Waals surface area (Å²) >= 11 is 0. The lowest BCUT2D eigenvalue weighted by Gasteiger charge is -2.46. The molecule has 2 saturated heterocycles. The Morgan fingerprint density at radius 1 is 1.12 bits per heavy atom. The smallest absolute Gasteiger partial charge is 0.309 e. The molecule has 0 spiro atoms. The molecule has 3 heteroatoms. The third-order valence-corrected chi connectivity index (χ3v) is 8.23. The molecule has 0 aromatic carbocycles. The molecule has 0 amide bonds. The van der Waals surface area contributed by atoms with Crippen LogP contribution in [-0.4, -0.2) is 36.1 Å². The van der Waals surface area contributed by atoms with E-state index in [1.54, 1.807) is 0 Å². The van der Waals surface area contributed by atoms with Gasteiger partial charge in [-0.25, -0.2) is 0 Å². The molecule has 2 aliphatic carbocycles. The van der Waals surface area contributed by atoms with Gasteiger partial charge in [-0.2, -0.15) is 0 Å². The highest BCUT2D eigenvalue weighted by atomic mass is 16.6. The van der Waals surface area contributed by atoms with Crippen molar-refractivity contribution < 1.29 is 9.53 Å². The number of carbonyl (C=O) groups excluding carboxylic acids is 1. The number of nitrogens with zero attached hydrogens (tertiary/aromatic N) is 1. The lowest BCUT2D eigenvalue weighted by atomic mass is 9.57. The van der Waals surface area contributed by atoms with Crippen molar-refractivity contribution in [1.82, 2.24) is 4.90 Å². The molecule has 26 heavy (non-hydrogen) atoms. The summed E-state index contributed by atoms with van der Waals surface area (Å²) in [6.07, 6.45) is 16.6. The Kier molecular flexibility index (Phi) is 5.46. The van der Waals surface area contributed by atoms with Crippen LogP contribution in [0.15, 0.2) is 12.2 Å². The fraction of sp³-hybridized carbons (Fsp3) is 0.870. The van der Waals surface area contributed by atoms with Crippen LogP contribution in [0.1, 0.15) is 71.6 Å². The molecule has 2 heterocycles. The Hall–Kier alpha value is -0.830. The summed E-state index contributed by atoms with van der Waals surface area (Å²) in [5.41, 5.74) is 0. The summed E-state index contributed by atoms with van der Waals surface area (Å²) in [5.74, 6) is 2.75. The third-order valence-electron chi connectivity index (χ3n) is 8.23. The van der Waals surface area contributed by atoms with E-state index in [-0.39, 0.29) is 18.0 Å². The number of rotatable bonds is 3. The predicted octanol–water partition coefficient (Wildman–Crippen LogP) is 4.81. The molecule has 0 N–H and O–H groups in total. The standard InChI is InChI=1S/C23H37NO2/c1-4-21-22-19(13-12-17-10-7-8-15(2)24(17)3)18-11-6-5-9-16(18)14-20(22)23(25)26-21/h12-13,15-22H,4-11,14H2,1-3H3/b13-12+/t15-,16+,17+,18-,19+,20-,21-,22+/m0/s1. The number of cyclic esters (lactones) is 1. The molecule has 0 aromatic heterocycles. The van der Waals surface area contributed by atoms with Crippen molar-refractivity contribution in [1.29, 1.82) is 0 Å². The van der Waals surface area contributed by atoms with Crippen molar-refractivity contribution in [3.8, 4) is 0 Å². The Labute approximate surface area is 159 Å². The minimum atomic E-state index is 0.104. The van der Waals surface area contributed by atoms with Crippen molar-refractivity contribution in [2.75, 3.05) is 7.05 Å².